The average Bonchev–Trinajstić information content (AvgIpc) is 2.97. The van der Waals surface area contributed by atoms with E-state index >= 15 is 0 Å². The molecule has 0 atom stereocenters. The maximum Gasteiger partial charge on any atom is 0.211 e. The van der Waals surface area contributed by atoms with Crippen molar-refractivity contribution in [2.45, 2.75) is 6.92 Å². The van der Waals surface area contributed by atoms with E-state index in [2.05, 4.69) is 70.2 Å². The molecule has 0 amide bonds. The fraction of sp³-hybridized carbons (Fsp3) is 0.278. The number of para-hydroxylation sites is 2. The number of fused-ring (bicyclic) bond motifs is 1. The van der Waals surface area contributed by atoms with Crippen LogP contribution in [-0.2, 0) is 0 Å². The molecule has 0 bridgehead atoms. The van der Waals surface area contributed by atoms with E-state index in [9.17, 15) is 0 Å². The number of benzene rings is 2. The number of aryl methyl sites for hydroxylation is 1. The number of anilines is 1. The molecule has 0 saturated carbocycles. The van der Waals surface area contributed by atoms with Crippen molar-refractivity contribution in [1.82, 2.24) is 14.9 Å². The van der Waals surface area contributed by atoms with Crippen LogP contribution in [0.4, 0.5) is 5.95 Å². The van der Waals surface area contributed by atoms with Crippen LogP contribution in [0.15, 0.2) is 48.5 Å². The van der Waals surface area contributed by atoms with E-state index in [1.807, 2.05) is 0 Å². The minimum atomic E-state index is 0.995. The number of piperazine rings is 1. The van der Waals surface area contributed by atoms with Crippen molar-refractivity contribution >= 4 is 17.0 Å². The van der Waals surface area contributed by atoms with Gasteiger partial charge in [0.2, 0.25) is 5.95 Å². The quantitative estimate of drug-likeness (QED) is 0.788. The predicted molar refractivity (Wildman–Crippen MR) is 90.9 cm³/mol. The van der Waals surface area contributed by atoms with E-state index < -0.39 is 0 Å². The summed E-state index contributed by atoms with van der Waals surface area (Å²) < 4.78 is 2.29. The lowest BCUT2D eigenvalue weighted by Gasteiger charge is -2.28. The van der Waals surface area contributed by atoms with Crippen molar-refractivity contribution in [2.75, 3.05) is 31.1 Å². The van der Waals surface area contributed by atoms with Gasteiger partial charge in [-0.1, -0.05) is 30.3 Å². The molecule has 0 spiro atoms. The highest BCUT2D eigenvalue weighted by molar-refractivity contribution is 5.84. The van der Waals surface area contributed by atoms with E-state index in [-0.39, 0.29) is 0 Å². The standard InChI is InChI=1S/C18H20N4/c1-14-6-5-9-16-17(14)20-18(21-12-10-19-11-13-21)22(16)15-7-3-2-4-8-15/h2-9,19H,10-13H2,1H3. The van der Waals surface area contributed by atoms with Gasteiger partial charge in [0.05, 0.1) is 11.0 Å². The Kier molecular flexibility index (Phi) is 3.31. The van der Waals surface area contributed by atoms with Gasteiger partial charge >= 0.3 is 0 Å². The Bertz CT molecular complexity index is 785. The van der Waals surface area contributed by atoms with E-state index in [0.717, 1.165) is 37.6 Å². The first-order valence-electron chi connectivity index (χ1n) is 7.84. The van der Waals surface area contributed by atoms with Crippen molar-refractivity contribution in [3.05, 3.63) is 54.1 Å². The lowest BCUT2D eigenvalue weighted by molar-refractivity contribution is 0.578. The van der Waals surface area contributed by atoms with Crippen LogP contribution in [0.3, 0.4) is 0 Å². The normalized spacial score (nSPS) is 15.4. The SMILES string of the molecule is Cc1cccc2c1nc(N1CCNCC1)n2-c1ccccc1. The molecule has 4 heteroatoms. The number of rotatable bonds is 2. The molecule has 3 aromatic rings. The second-order valence-electron chi connectivity index (χ2n) is 5.76. The van der Waals surface area contributed by atoms with Crippen molar-refractivity contribution in [1.29, 1.82) is 0 Å². The van der Waals surface area contributed by atoms with Crippen LogP contribution in [0.1, 0.15) is 5.56 Å². The number of imidazole rings is 1. The van der Waals surface area contributed by atoms with Gasteiger partial charge in [-0.25, -0.2) is 4.98 Å². The Morgan fingerprint density at radius 3 is 2.50 bits per heavy atom. The smallest absolute Gasteiger partial charge is 0.211 e. The molecular formula is C18H20N4. The maximum absolute atomic E-state index is 4.97. The summed E-state index contributed by atoms with van der Waals surface area (Å²) in [5.41, 5.74) is 4.67. The van der Waals surface area contributed by atoms with Gasteiger partial charge in [-0.05, 0) is 30.7 Å². The Labute approximate surface area is 130 Å². The number of hydrogen-bond donors (Lipinski definition) is 1. The summed E-state index contributed by atoms with van der Waals surface area (Å²) in [6.45, 7) is 6.14. The maximum atomic E-state index is 4.97. The van der Waals surface area contributed by atoms with Crippen LogP contribution in [0.5, 0.6) is 0 Å². The summed E-state index contributed by atoms with van der Waals surface area (Å²) in [6.07, 6.45) is 0. The molecule has 0 aliphatic carbocycles. The zero-order chi connectivity index (χ0) is 14.9. The minimum Gasteiger partial charge on any atom is -0.339 e. The van der Waals surface area contributed by atoms with Crippen molar-refractivity contribution in [2.24, 2.45) is 0 Å². The number of aromatic nitrogens is 2. The summed E-state index contributed by atoms with van der Waals surface area (Å²) in [7, 11) is 0. The lowest BCUT2D eigenvalue weighted by atomic mass is 10.2. The molecule has 1 aromatic heterocycles. The van der Waals surface area contributed by atoms with Crippen LogP contribution in [0.25, 0.3) is 16.7 Å². The molecule has 0 radical (unpaired) electrons. The molecule has 4 rings (SSSR count). The average molecular weight is 292 g/mol. The molecule has 0 unspecified atom stereocenters. The van der Waals surface area contributed by atoms with Crippen molar-refractivity contribution in [3.63, 3.8) is 0 Å². The van der Waals surface area contributed by atoms with Crippen LogP contribution in [0.2, 0.25) is 0 Å². The van der Waals surface area contributed by atoms with Crippen molar-refractivity contribution < 1.29 is 0 Å². The first-order valence-corrected chi connectivity index (χ1v) is 7.84. The lowest BCUT2D eigenvalue weighted by Crippen LogP contribution is -2.44. The molecule has 22 heavy (non-hydrogen) atoms. The van der Waals surface area contributed by atoms with Crippen LogP contribution in [0, 0.1) is 6.92 Å². The third-order valence-corrected chi connectivity index (χ3v) is 4.28. The fourth-order valence-electron chi connectivity index (χ4n) is 3.14. The second kappa shape index (κ2) is 5.46. The summed E-state index contributed by atoms with van der Waals surface area (Å²) in [5, 5.41) is 3.41. The number of nitrogens with zero attached hydrogens (tertiary/aromatic N) is 3. The van der Waals surface area contributed by atoms with Gasteiger partial charge in [0.15, 0.2) is 0 Å². The summed E-state index contributed by atoms with van der Waals surface area (Å²) in [5.74, 6) is 1.05. The molecule has 1 saturated heterocycles. The Morgan fingerprint density at radius 2 is 1.73 bits per heavy atom. The zero-order valence-electron chi connectivity index (χ0n) is 12.8. The molecule has 2 heterocycles. The zero-order valence-corrected chi connectivity index (χ0v) is 12.8. The van der Waals surface area contributed by atoms with Gasteiger partial charge in [0, 0.05) is 31.9 Å². The highest BCUT2D eigenvalue weighted by Gasteiger charge is 2.20. The number of nitrogens with one attached hydrogen (secondary N) is 1. The van der Waals surface area contributed by atoms with Crippen LogP contribution in [-0.4, -0.2) is 35.7 Å². The van der Waals surface area contributed by atoms with Gasteiger partial charge in [-0.2, -0.15) is 0 Å². The molecule has 1 N–H and O–H groups in total. The minimum absolute atomic E-state index is 0.995. The molecular weight excluding hydrogens is 272 g/mol. The third-order valence-electron chi connectivity index (χ3n) is 4.28. The van der Waals surface area contributed by atoms with Gasteiger partial charge in [-0.15, -0.1) is 0 Å². The second-order valence-corrected chi connectivity index (χ2v) is 5.76. The summed E-state index contributed by atoms with van der Waals surface area (Å²) in [6, 6.07) is 16.9. The van der Waals surface area contributed by atoms with Gasteiger partial charge in [0.1, 0.15) is 0 Å². The van der Waals surface area contributed by atoms with E-state index in [1.54, 1.807) is 0 Å². The third kappa shape index (κ3) is 2.16. The fourth-order valence-corrected chi connectivity index (χ4v) is 3.14. The molecule has 4 nitrogen and oxygen atoms in total. The van der Waals surface area contributed by atoms with E-state index in [4.69, 9.17) is 4.98 Å². The number of hydrogen-bond acceptors (Lipinski definition) is 3. The van der Waals surface area contributed by atoms with Gasteiger partial charge in [0.25, 0.3) is 0 Å². The van der Waals surface area contributed by atoms with E-state index in [0.29, 0.717) is 0 Å². The summed E-state index contributed by atoms with van der Waals surface area (Å²) >= 11 is 0. The largest absolute Gasteiger partial charge is 0.339 e. The Morgan fingerprint density at radius 1 is 0.955 bits per heavy atom. The summed E-state index contributed by atoms with van der Waals surface area (Å²) in [4.78, 5) is 7.35. The van der Waals surface area contributed by atoms with Crippen molar-refractivity contribution in [3.8, 4) is 5.69 Å². The predicted octanol–water partition coefficient (Wildman–Crippen LogP) is 2.74. The highest BCUT2D eigenvalue weighted by atomic mass is 15.3. The monoisotopic (exact) mass is 292 g/mol. The van der Waals surface area contributed by atoms with E-state index in [1.165, 1.54) is 16.8 Å². The highest BCUT2D eigenvalue weighted by Crippen LogP contribution is 2.28. The van der Waals surface area contributed by atoms with Crippen LogP contribution >= 0.6 is 0 Å². The van der Waals surface area contributed by atoms with Gasteiger partial charge in [-0.3, -0.25) is 4.57 Å². The molecule has 112 valence electrons. The Balaban J connectivity index is 1.96. The van der Waals surface area contributed by atoms with Crippen LogP contribution < -0.4 is 10.2 Å². The topological polar surface area (TPSA) is 33.1 Å². The molecule has 1 aliphatic rings. The first-order chi connectivity index (χ1) is 10.8. The Hall–Kier alpha value is -2.33. The first kappa shape index (κ1) is 13.3. The molecule has 1 aliphatic heterocycles. The van der Waals surface area contributed by atoms with Gasteiger partial charge < -0.3 is 10.2 Å². The molecule has 1 fully saturated rings. The molecule has 2 aromatic carbocycles.